The zero-order chi connectivity index (χ0) is 19.3. The van der Waals surface area contributed by atoms with E-state index in [2.05, 4.69) is 10.3 Å². The van der Waals surface area contributed by atoms with Gasteiger partial charge in [0.1, 0.15) is 19.0 Å². The molecule has 0 radical (unpaired) electrons. The fourth-order valence-electron chi connectivity index (χ4n) is 2.90. The second-order valence-corrected chi connectivity index (χ2v) is 7.15. The van der Waals surface area contributed by atoms with E-state index in [1.165, 1.54) is 11.3 Å². The first kappa shape index (κ1) is 18.3. The van der Waals surface area contributed by atoms with E-state index < -0.39 is 0 Å². The number of amides is 1. The molecule has 2 heterocycles. The summed E-state index contributed by atoms with van der Waals surface area (Å²) in [5.41, 5.74) is 2.82. The first-order chi connectivity index (χ1) is 13.7. The first-order valence-corrected chi connectivity index (χ1v) is 9.87. The lowest BCUT2D eigenvalue weighted by molar-refractivity contribution is -0.116. The van der Waals surface area contributed by atoms with Crippen LogP contribution in [0.25, 0.3) is 11.3 Å². The van der Waals surface area contributed by atoms with Crippen LogP contribution < -0.4 is 19.5 Å². The van der Waals surface area contributed by atoms with E-state index in [1.54, 1.807) is 7.11 Å². The number of rotatable bonds is 6. The average molecular weight is 396 g/mol. The highest BCUT2D eigenvalue weighted by Crippen LogP contribution is 2.35. The number of carbonyl (C=O) groups excluding carboxylic acids is 1. The molecule has 0 bridgehead atoms. The van der Waals surface area contributed by atoms with Crippen molar-refractivity contribution < 1.29 is 19.0 Å². The topological polar surface area (TPSA) is 69.7 Å². The predicted molar refractivity (Wildman–Crippen MR) is 108 cm³/mol. The fraction of sp³-hybridized carbons (Fsp3) is 0.238. The molecule has 1 aliphatic heterocycles. The van der Waals surface area contributed by atoms with Crippen molar-refractivity contribution in [2.45, 2.75) is 12.8 Å². The van der Waals surface area contributed by atoms with Crippen molar-refractivity contribution in [3.8, 4) is 28.5 Å². The van der Waals surface area contributed by atoms with Gasteiger partial charge in [-0.05, 0) is 42.3 Å². The second kappa shape index (κ2) is 8.31. The lowest BCUT2D eigenvalue weighted by atomic mass is 10.1. The zero-order valence-corrected chi connectivity index (χ0v) is 16.3. The van der Waals surface area contributed by atoms with Crippen LogP contribution >= 0.6 is 11.3 Å². The van der Waals surface area contributed by atoms with Gasteiger partial charge in [-0.1, -0.05) is 12.1 Å². The monoisotopic (exact) mass is 396 g/mol. The van der Waals surface area contributed by atoms with Gasteiger partial charge in [0.05, 0.1) is 12.8 Å². The van der Waals surface area contributed by atoms with E-state index in [0.717, 1.165) is 34.1 Å². The molecule has 2 aromatic carbocycles. The standard InChI is InChI=1S/C21H20N2O4S/c1-25-16-6-2-14(3-7-16)4-9-20(24)23-21-22-17(13-28-21)15-5-8-18-19(12-15)27-11-10-26-18/h2-3,5-8,12-13H,4,9-11H2,1H3,(H,22,23,24). The van der Waals surface area contributed by atoms with Crippen molar-refractivity contribution in [3.05, 3.63) is 53.4 Å². The molecule has 0 aliphatic carbocycles. The van der Waals surface area contributed by atoms with Gasteiger partial charge in [-0.25, -0.2) is 4.98 Å². The Balaban J connectivity index is 1.35. The molecular formula is C21H20N2O4S. The number of anilines is 1. The van der Waals surface area contributed by atoms with Gasteiger partial charge in [0.25, 0.3) is 0 Å². The molecule has 1 aromatic heterocycles. The van der Waals surface area contributed by atoms with Gasteiger partial charge in [0, 0.05) is 17.4 Å². The molecule has 1 aliphatic rings. The molecule has 6 nitrogen and oxygen atoms in total. The average Bonchev–Trinajstić information content (AvgIpc) is 3.20. The summed E-state index contributed by atoms with van der Waals surface area (Å²) in [5, 5.41) is 5.38. The fourth-order valence-corrected chi connectivity index (χ4v) is 3.63. The third-order valence-electron chi connectivity index (χ3n) is 4.39. The summed E-state index contributed by atoms with van der Waals surface area (Å²) in [6, 6.07) is 13.5. The molecule has 0 saturated carbocycles. The Morgan fingerprint density at radius 2 is 1.93 bits per heavy atom. The quantitative estimate of drug-likeness (QED) is 0.677. The van der Waals surface area contributed by atoms with Gasteiger partial charge >= 0.3 is 0 Å². The summed E-state index contributed by atoms with van der Waals surface area (Å²) in [6.07, 6.45) is 1.06. The molecule has 1 N–H and O–H groups in total. The van der Waals surface area contributed by atoms with Crippen LogP contribution in [0.15, 0.2) is 47.8 Å². The van der Waals surface area contributed by atoms with Crippen molar-refractivity contribution in [2.75, 3.05) is 25.6 Å². The molecule has 0 spiro atoms. The second-order valence-electron chi connectivity index (χ2n) is 6.29. The van der Waals surface area contributed by atoms with Crippen molar-refractivity contribution in [3.63, 3.8) is 0 Å². The lowest BCUT2D eigenvalue weighted by Gasteiger charge is -2.18. The Morgan fingerprint density at radius 3 is 2.71 bits per heavy atom. The number of nitrogens with zero attached hydrogens (tertiary/aromatic N) is 1. The molecule has 0 saturated heterocycles. The number of ether oxygens (including phenoxy) is 3. The van der Waals surface area contributed by atoms with Gasteiger partial charge in [-0.15, -0.1) is 11.3 Å². The summed E-state index contributed by atoms with van der Waals surface area (Å²) in [5.74, 6) is 2.22. The summed E-state index contributed by atoms with van der Waals surface area (Å²) in [4.78, 5) is 16.8. The van der Waals surface area contributed by atoms with Crippen LogP contribution in [0.1, 0.15) is 12.0 Å². The Morgan fingerprint density at radius 1 is 1.14 bits per heavy atom. The number of carbonyl (C=O) groups is 1. The summed E-state index contributed by atoms with van der Waals surface area (Å²) >= 11 is 1.41. The minimum absolute atomic E-state index is 0.0566. The summed E-state index contributed by atoms with van der Waals surface area (Å²) < 4.78 is 16.3. The van der Waals surface area contributed by atoms with E-state index in [-0.39, 0.29) is 5.91 Å². The molecular weight excluding hydrogens is 376 g/mol. The van der Waals surface area contributed by atoms with Gasteiger partial charge < -0.3 is 19.5 Å². The summed E-state index contributed by atoms with van der Waals surface area (Å²) in [7, 11) is 1.63. The van der Waals surface area contributed by atoms with E-state index in [0.29, 0.717) is 31.2 Å². The number of hydrogen-bond donors (Lipinski definition) is 1. The van der Waals surface area contributed by atoms with Crippen LogP contribution in [0.2, 0.25) is 0 Å². The van der Waals surface area contributed by atoms with Gasteiger partial charge in [-0.3, -0.25) is 4.79 Å². The molecule has 1 amide bonds. The van der Waals surface area contributed by atoms with Crippen LogP contribution in [-0.4, -0.2) is 31.2 Å². The SMILES string of the molecule is COc1ccc(CCC(=O)Nc2nc(-c3ccc4c(c3)OCCO4)cs2)cc1. The minimum atomic E-state index is -0.0566. The molecule has 7 heteroatoms. The van der Waals surface area contributed by atoms with E-state index >= 15 is 0 Å². The molecule has 0 atom stereocenters. The van der Waals surface area contributed by atoms with Crippen LogP contribution in [0.4, 0.5) is 5.13 Å². The maximum atomic E-state index is 12.2. The Bertz CT molecular complexity index is 969. The molecule has 3 aromatic rings. The minimum Gasteiger partial charge on any atom is -0.497 e. The molecule has 0 fully saturated rings. The third kappa shape index (κ3) is 4.26. The lowest BCUT2D eigenvalue weighted by Crippen LogP contribution is -2.15. The van der Waals surface area contributed by atoms with Crippen LogP contribution in [0.5, 0.6) is 17.2 Å². The molecule has 4 rings (SSSR count). The number of aryl methyl sites for hydroxylation is 1. The van der Waals surface area contributed by atoms with Crippen molar-refractivity contribution in [2.24, 2.45) is 0 Å². The molecule has 0 unspecified atom stereocenters. The maximum absolute atomic E-state index is 12.2. The maximum Gasteiger partial charge on any atom is 0.226 e. The van der Waals surface area contributed by atoms with Crippen LogP contribution in [0.3, 0.4) is 0 Å². The number of fused-ring (bicyclic) bond motifs is 1. The smallest absolute Gasteiger partial charge is 0.226 e. The first-order valence-electron chi connectivity index (χ1n) is 8.99. The normalized spacial score (nSPS) is 12.5. The van der Waals surface area contributed by atoms with E-state index in [1.807, 2.05) is 47.8 Å². The van der Waals surface area contributed by atoms with Gasteiger partial charge in [-0.2, -0.15) is 0 Å². The third-order valence-corrected chi connectivity index (χ3v) is 5.15. The van der Waals surface area contributed by atoms with Crippen molar-refractivity contribution >= 4 is 22.4 Å². The van der Waals surface area contributed by atoms with Crippen LogP contribution in [0, 0.1) is 0 Å². The number of benzene rings is 2. The van der Waals surface area contributed by atoms with Gasteiger partial charge in [0.15, 0.2) is 16.6 Å². The van der Waals surface area contributed by atoms with E-state index in [4.69, 9.17) is 14.2 Å². The number of nitrogens with one attached hydrogen (secondary N) is 1. The Labute approximate surface area is 167 Å². The van der Waals surface area contributed by atoms with Gasteiger partial charge in [0.2, 0.25) is 5.91 Å². The number of hydrogen-bond acceptors (Lipinski definition) is 6. The number of methoxy groups -OCH3 is 1. The highest BCUT2D eigenvalue weighted by Gasteiger charge is 2.14. The predicted octanol–water partition coefficient (Wildman–Crippen LogP) is 4.16. The van der Waals surface area contributed by atoms with Crippen molar-refractivity contribution in [1.82, 2.24) is 4.98 Å². The number of thiazole rings is 1. The molecule has 28 heavy (non-hydrogen) atoms. The van der Waals surface area contributed by atoms with Crippen LogP contribution in [-0.2, 0) is 11.2 Å². The van der Waals surface area contributed by atoms with E-state index in [9.17, 15) is 4.79 Å². The largest absolute Gasteiger partial charge is 0.497 e. The number of aromatic nitrogens is 1. The Hall–Kier alpha value is -3.06. The Kier molecular flexibility index (Phi) is 5.43. The molecule has 144 valence electrons. The highest BCUT2D eigenvalue weighted by molar-refractivity contribution is 7.14. The van der Waals surface area contributed by atoms with Crippen molar-refractivity contribution in [1.29, 1.82) is 0 Å². The zero-order valence-electron chi connectivity index (χ0n) is 15.4. The summed E-state index contributed by atoms with van der Waals surface area (Å²) in [6.45, 7) is 1.11. The highest BCUT2D eigenvalue weighted by atomic mass is 32.1.